The van der Waals surface area contributed by atoms with Gasteiger partial charge in [-0.25, -0.2) is 4.79 Å². The Hall–Kier alpha value is -1.55. The van der Waals surface area contributed by atoms with Crippen LogP contribution in [-0.2, 0) is 9.53 Å². The molecule has 1 rings (SSSR count). The van der Waals surface area contributed by atoms with Crippen LogP contribution in [0.4, 0.5) is 0 Å². The van der Waals surface area contributed by atoms with Gasteiger partial charge in [0.05, 0.1) is 6.61 Å². The maximum absolute atomic E-state index is 11.5. The van der Waals surface area contributed by atoms with Crippen LogP contribution in [-0.4, -0.2) is 25.7 Å². The highest BCUT2D eigenvalue weighted by Crippen LogP contribution is 2.22. The Morgan fingerprint density at radius 1 is 1.33 bits per heavy atom. The molecule has 0 aliphatic rings. The normalized spacial score (nSPS) is 12.0. The van der Waals surface area contributed by atoms with Gasteiger partial charge in [0.15, 0.2) is 6.61 Å². The van der Waals surface area contributed by atoms with E-state index < -0.39 is 0 Å². The van der Waals surface area contributed by atoms with Crippen molar-refractivity contribution in [2.75, 3.05) is 19.8 Å². The molecule has 1 aromatic carbocycles. The van der Waals surface area contributed by atoms with Crippen LogP contribution in [0.3, 0.4) is 0 Å². The number of unbranched alkanes of at least 4 members (excludes halogenated alkanes) is 1. The SMILES string of the molecule is CCCCOC(=O)COc1ccc(C(C)NCC)cc1C. The molecule has 4 nitrogen and oxygen atoms in total. The largest absolute Gasteiger partial charge is 0.482 e. The molecule has 0 bridgehead atoms. The second-order valence-corrected chi connectivity index (χ2v) is 5.17. The van der Waals surface area contributed by atoms with E-state index in [0.717, 1.165) is 30.7 Å². The third-order valence-electron chi connectivity index (χ3n) is 3.32. The lowest BCUT2D eigenvalue weighted by atomic mass is 10.1. The molecule has 0 fully saturated rings. The Bertz CT molecular complexity index is 446. The number of esters is 1. The second kappa shape index (κ2) is 9.40. The van der Waals surface area contributed by atoms with Crippen molar-refractivity contribution >= 4 is 5.97 Å². The maximum Gasteiger partial charge on any atom is 0.344 e. The van der Waals surface area contributed by atoms with Crippen LogP contribution in [0.2, 0.25) is 0 Å². The minimum Gasteiger partial charge on any atom is -0.482 e. The number of ether oxygens (including phenoxy) is 2. The fourth-order valence-electron chi connectivity index (χ4n) is 2.04. The van der Waals surface area contributed by atoms with E-state index in [2.05, 4.69) is 32.2 Å². The molecule has 0 aliphatic heterocycles. The molecule has 21 heavy (non-hydrogen) atoms. The van der Waals surface area contributed by atoms with Gasteiger partial charge in [0.25, 0.3) is 0 Å². The van der Waals surface area contributed by atoms with Crippen LogP contribution in [0, 0.1) is 6.92 Å². The van der Waals surface area contributed by atoms with Gasteiger partial charge in [-0.3, -0.25) is 0 Å². The van der Waals surface area contributed by atoms with Crippen LogP contribution in [0.25, 0.3) is 0 Å². The predicted octanol–water partition coefficient (Wildman–Crippen LogP) is 3.39. The third kappa shape index (κ3) is 6.17. The van der Waals surface area contributed by atoms with Crippen LogP contribution in [0.5, 0.6) is 5.75 Å². The van der Waals surface area contributed by atoms with Gasteiger partial charge in [0.1, 0.15) is 5.75 Å². The van der Waals surface area contributed by atoms with E-state index >= 15 is 0 Å². The van der Waals surface area contributed by atoms with Gasteiger partial charge < -0.3 is 14.8 Å². The Morgan fingerprint density at radius 3 is 2.71 bits per heavy atom. The predicted molar refractivity (Wildman–Crippen MR) is 84.6 cm³/mol. The van der Waals surface area contributed by atoms with Crippen molar-refractivity contribution in [2.45, 2.75) is 46.6 Å². The number of benzene rings is 1. The van der Waals surface area contributed by atoms with Crippen LogP contribution < -0.4 is 10.1 Å². The number of carbonyl (C=O) groups excluding carboxylic acids is 1. The Balaban J connectivity index is 2.51. The zero-order valence-corrected chi connectivity index (χ0v) is 13.6. The molecule has 0 saturated carbocycles. The van der Waals surface area contributed by atoms with Gasteiger partial charge in [-0.15, -0.1) is 0 Å². The smallest absolute Gasteiger partial charge is 0.344 e. The molecular weight excluding hydrogens is 266 g/mol. The van der Waals surface area contributed by atoms with E-state index in [1.165, 1.54) is 5.56 Å². The molecule has 0 aromatic heterocycles. The molecule has 1 N–H and O–H groups in total. The average Bonchev–Trinajstić information content (AvgIpc) is 2.46. The third-order valence-corrected chi connectivity index (χ3v) is 3.32. The van der Waals surface area contributed by atoms with Crippen molar-refractivity contribution in [3.05, 3.63) is 29.3 Å². The summed E-state index contributed by atoms with van der Waals surface area (Å²) >= 11 is 0. The lowest BCUT2D eigenvalue weighted by Crippen LogP contribution is -2.18. The highest BCUT2D eigenvalue weighted by Gasteiger charge is 2.09. The van der Waals surface area contributed by atoms with Gasteiger partial charge >= 0.3 is 5.97 Å². The first-order valence-electron chi connectivity index (χ1n) is 7.70. The summed E-state index contributed by atoms with van der Waals surface area (Å²) in [7, 11) is 0. The minimum absolute atomic E-state index is 0.0351. The van der Waals surface area contributed by atoms with Gasteiger partial charge in [-0.2, -0.15) is 0 Å². The number of hydrogen-bond acceptors (Lipinski definition) is 4. The zero-order valence-electron chi connectivity index (χ0n) is 13.6. The molecule has 1 atom stereocenters. The standard InChI is InChI=1S/C17H27NO3/c1-5-7-10-20-17(19)12-21-16-9-8-15(11-13(16)3)14(4)18-6-2/h8-9,11,14,18H,5-7,10,12H2,1-4H3. The maximum atomic E-state index is 11.5. The topological polar surface area (TPSA) is 47.6 Å². The zero-order chi connectivity index (χ0) is 15.7. The van der Waals surface area contributed by atoms with E-state index in [0.29, 0.717) is 12.6 Å². The van der Waals surface area contributed by atoms with Crippen molar-refractivity contribution in [3.63, 3.8) is 0 Å². The van der Waals surface area contributed by atoms with Gasteiger partial charge in [0.2, 0.25) is 0 Å². The molecule has 0 heterocycles. The van der Waals surface area contributed by atoms with Gasteiger partial charge in [0, 0.05) is 6.04 Å². The summed E-state index contributed by atoms with van der Waals surface area (Å²) in [5, 5.41) is 3.37. The quantitative estimate of drug-likeness (QED) is 0.560. The molecule has 0 saturated heterocycles. The minimum atomic E-state index is -0.312. The summed E-state index contributed by atoms with van der Waals surface area (Å²) in [4.78, 5) is 11.5. The van der Waals surface area contributed by atoms with E-state index in [9.17, 15) is 4.79 Å². The number of rotatable bonds is 9. The lowest BCUT2D eigenvalue weighted by molar-refractivity contribution is -0.146. The van der Waals surface area contributed by atoms with Crippen molar-refractivity contribution in [1.29, 1.82) is 0 Å². The summed E-state index contributed by atoms with van der Waals surface area (Å²) in [6.45, 7) is 9.63. The molecule has 0 aliphatic carbocycles. The highest BCUT2D eigenvalue weighted by molar-refractivity contribution is 5.71. The Kier molecular flexibility index (Phi) is 7.83. The molecule has 0 radical (unpaired) electrons. The summed E-state index contributed by atoms with van der Waals surface area (Å²) in [6, 6.07) is 6.34. The summed E-state index contributed by atoms with van der Waals surface area (Å²) in [6.07, 6.45) is 1.90. The van der Waals surface area contributed by atoms with Crippen LogP contribution >= 0.6 is 0 Å². The fraction of sp³-hybridized carbons (Fsp3) is 0.588. The van der Waals surface area contributed by atoms with Crippen molar-refractivity contribution in [1.82, 2.24) is 5.32 Å². The number of hydrogen-bond donors (Lipinski definition) is 1. The number of nitrogens with one attached hydrogen (secondary N) is 1. The number of carbonyl (C=O) groups is 1. The highest BCUT2D eigenvalue weighted by atomic mass is 16.6. The summed E-state index contributed by atoms with van der Waals surface area (Å²) in [5.74, 6) is 0.419. The van der Waals surface area contributed by atoms with Gasteiger partial charge in [-0.1, -0.05) is 32.4 Å². The molecule has 0 amide bonds. The van der Waals surface area contributed by atoms with Crippen LogP contribution in [0.15, 0.2) is 18.2 Å². The van der Waals surface area contributed by atoms with Crippen molar-refractivity contribution in [2.24, 2.45) is 0 Å². The summed E-state index contributed by atoms with van der Waals surface area (Å²) in [5.41, 5.74) is 2.24. The molecule has 1 aromatic rings. The Labute approximate surface area is 127 Å². The molecule has 1 unspecified atom stereocenters. The molecule has 0 spiro atoms. The average molecular weight is 293 g/mol. The van der Waals surface area contributed by atoms with E-state index in [4.69, 9.17) is 9.47 Å². The first-order chi connectivity index (χ1) is 10.1. The molecule has 118 valence electrons. The first kappa shape index (κ1) is 17.5. The van der Waals surface area contributed by atoms with Crippen LogP contribution in [0.1, 0.15) is 50.8 Å². The van der Waals surface area contributed by atoms with Crippen molar-refractivity contribution < 1.29 is 14.3 Å². The number of aryl methyl sites for hydroxylation is 1. The van der Waals surface area contributed by atoms with Crippen molar-refractivity contribution in [3.8, 4) is 5.75 Å². The van der Waals surface area contributed by atoms with E-state index in [-0.39, 0.29) is 12.6 Å². The van der Waals surface area contributed by atoms with Gasteiger partial charge in [-0.05, 0) is 44.0 Å². The monoisotopic (exact) mass is 293 g/mol. The molecular formula is C17H27NO3. The van der Waals surface area contributed by atoms with E-state index in [1.807, 2.05) is 19.1 Å². The van der Waals surface area contributed by atoms with E-state index in [1.54, 1.807) is 0 Å². The Morgan fingerprint density at radius 2 is 2.10 bits per heavy atom. The molecule has 4 heteroatoms. The lowest BCUT2D eigenvalue weighted by Gasteiger charge is -2.15. The fourth-order valence-corrected chi connectivity index (χ4v) is 2.04. The summed E-state index contributed by atoms with van der Waals surface area (Å²) < 4.78 is 10.6. The second-order valence-electron chi connectivity index (χ2n) is 5.17. The first-order valence-corrected chi connectivity index (χ1v) is 7.70.